The number of carbonyl (C=O) groups is 2. The van der Waals surface area contributed by atoms with E-state index in [4.69, 9.17) is 11.6 Å². The van der Waals surface area contributed by atoms with Gasteiger partial charge < -0.3 is 9.88 Å². The first-order valence-corrected chi connectivity index (χ1v) is 10.6. The molecule has 1 N–H and O–H groups in total. The lowest BCUT2D eigenvalue weighted by molar-refractivity contribution is 0.0291. The Morgan fingerprint density at radius 3 is 2.50 bits per heavy atom. The number of Topliss-reactive ketones (excluding diaryl/α,β-unsaturated/α-hetero) is 1. The highest BCUT2D eigenvalue weighted by Crippen LogP contribution is 2.29. The topological polar surface area (TPSA) is 56.4 Å². The number of nitrogens with one attached hydrogen (secondary N) is 1. The van der Waals surface area contributed by atoms with Gasteiger partial charge in [0.25, 0.3) is 5.91 Å². The van der Waals surface area contributed by atoms with Crippen molar-refractivity contribution < 1.29 is 9.59 Å². The highest BCUT2D eigenvalue weighted by Gasteiger charge is 2.33. The fourth-order valence-electron chi connectivity index (χ4n) is 4.27. The minimum absolute atomic E-state index is 0.0431. The quantitative estimate of drug-likeness (QED) is 0.615. The number of hydrogen-bond acceptors (Lipinski definition) is 3. The fraction of sp³-hybridized carbons (Fsp3) is 0.333. The largest absolute Gasteiger partial charge is 0.360 e. The molecule has 0 bridgehead atoms. The number of fused-ring (bicyclic) bond motifs is 1. The molecular formula is C24H26ClN3O2. The van der Waals surface area contributed by atoms with Crippen molar-refractivity contribution in [3.05, 3.63) is 70.4 Å². The highest BCUT2D eigenvalue weighted by atomic mass is 35.5. The second-order valence-electron chi connectivity index (χ2n) is 8.21. The molecule has 2 atom stereocenters. The number of benzene rings is 2. The third-order valence-corrected chi connectivity index (χ3v) is 6.30. The van der Waals surface area contributed by atoms with E-state index in [1.165, 1.54) is 12.5 Å². The van der Waals surface area contributed by atoms with Gasteiger partial charge in [-0.25, -0.2) is 0 Å². The predicted molar refractivity (Wildman–Crippen MR) is 120 cm³/mol. The molecule has 1 aliphatic rings. The second kappa shape index (κ2) is 8.25. The van der Waals surface area contributed by atoms with Gasteiger partial charge in [-0.2, -0.15) is 0 Å². The van der Waals surface area contributed by atoms with Crippen molar-refractivity contribution in [3.8, 4) is 0 Å². The van der Waals surface area contributed by atoms with E-state index in [-0.39, 0.29) is 23.8 Å². The molecule has 3 aromatic rings. The van der Waals surface area contributed by atoms with E-state index in [2.05, 4.69) is 48.0 Å². The van der Waals surface area contributed by atoms with Gasteiger partial charge in [-0.15, -0.1) is 0 Å². The van der Waals surface area contributed by atoms with Crippen molar-refractivity contribution in [1.82, 2.24) is 14.8 Å². The molecule has 2 heterocycles. The summed E-state index contributed by atoms with van der Waals surface area (Å²) in [6.45, 7) is 8.05. The molecular weight excluding hydrogens is 398 g/mol. The van der Waals surface area contributed by atoms with Gasteiger partial charge in [0.1, 0.15) is 0 Å². The van der Waals surface area contributed by atoms with Crippen LogP contribution in [-0.4, -0.2) is 51.6 Å². The average molecular weight is 424 g/mol. The molecule has 1 aromatic heterocycles. The highest BCUT2D eigenvalue weighted by molar-refractivity contribution is 6.35. The van der Waals surface area contributed by atoms with Crippen LogP contribution >= 0.6 is 11.6 Å². The maximum absolute atomic E-state index is 13.4. The SMILES string of the molecule is CC(=O)c1c[nH]c2cc(Cl)c(C(=O)N3C[C@H](C)N(Cc4ccccc4)CC3C)cc12. The van der Waals surface area contributed by atoms with Crippen molar-refractivity contribution in [1.29, 1.82) is 0 Å². The van der Waals surface area contributed by atoms with Crippen LogP contribution in [0.15, 0.2) is 48.7 Å². The summed E-state index contributed by atoms with van der Waals surface area (Å²) in [5.74, 6) is -0.130. The molecule has 1 saturated heterocycles. The molecule has 0 aliphatic carbocycles. The first-order chi connectivity index (χ1) is 14.3. The van der Waals surface area contributed by atoms with E-state index in [0.29, 0.717) is 22.7 Å². The number of carbonyl (C=O) groups excluding carboxylic acids is 2. The third-order valence-electron chi connectivity index (χ3n) is 5.98. The summed E-state index contributed by atoms with van der Waals surface area (Å²) in [7, 11) is 0. The summed E-state index contributed by atoms with van der Waals surface area (Å²) in [6, 6.07) is 14.2. The maximum Gasteiger partial charge on any atom is 0.255 e. The van der Waals surface area contributed by atoms with Crippen molar-refractivity contribution in [3.63, 3.8) is 0 Å². The smallest absolute Gasteiger partial charge is 0.255 e. The second-order valence-corrected chi connectivity index (χ2v) is 8.61. The van der Waals surface area contributed by atoms with Crippen LogP contribution in [0, 0.1) is 0 Å². The first kappa shape index (κ1) is 20.6. The number of hydrogen-bond donors (Lipinski definition) is 1. The molecule has 4 rings (SSSR count). The lowest BCUT2D eigenvalue weighted by Crippen LogP contribution is -2.57. The zero-order chi connectivity index (χ0) is 21.4. The number of halogens is 1. The number of nitrogens with zero attached hydrogens (tertiary/aromatic N) is 2. The number of piperazine rings is 1. The van der Waals surface area contributed by atoms with E-state index >= 15 is 0 Å². The van der Waals surface area contributed by atoms with Gasteiger partial charge in [0.05, 0.1) is 10.6 Å². The lowest BCUT2D eigenvalue weighted by Gasteiger charge is -2.44. The van der Waals surface area contributed by atoms with E-state index in [1.54, 1.807) is 18.3 Å². The lowest BCUT2D eigenvalue weighted by atomic mass is 10.0. The Balaban J connectivity index is 1.57. The minimum Gasteiger partial charge on any atom is -0.360 e. The van der Waals surface area contributed by atoms with Crippen LogP contribution in [0.2, 0.25) is 5.02 Å². The fourth-order valence-corrected chi connectivity index (χ4v) is 4.52. The third kappa shape index (κ3) is 3.87. The van der Waals surface area contributed by atoms with E-state index in [0.717, 1.165) is 24.0 Å². The van der Waals surface area contributed by atoms with Gasteiger partial charge in [-0.1, -0.05) is 41.9 Å². The summed E-state index contributed by atoms with van der Waals surface area (Å²) >= 11 is 6.46. The van der Waals surface area contributed by atoms with Crippen LogP contribution in [0.1, 0.15) is 47.1 Å². The molecule has 1 unspecified atom stereocenters. The average Bonchev–Trinajstić information content (AvgIpc) is 3.13. The van der Waals surface area contributed by atoms with Gasteiger partial charge in [0.2, 0.25) is 0 Å². The summed E-state index contributed by atoms with van der Waals surface area (Å²) in [6.07, 6.45) is 1.67. The Kier molecular flexibility index (Phi) is 5.67. The molecule has 5 nitrogen and oxygen atoms in total. The van der Waals surface area contributed by atoms with Crippen LogP contribution in [0.3, 0.4) is 0 Å². The van der Waals surface area contributed by atoms with Crippen LogP contribution in [0.4, 0.5) is 0 Å². The molecule has 0 saturated carbocycles. The molecule has 6 heteroatoms. The Bertz CT molecular complexity index is 1090. The number of ketones is 1. The molecule has 0 radical (unpaired) electrons. The predicted octanol–water partition coefficient (Wildman–Crippen LogP) is 4.76. The van der Waals surface area contributed by atoms with E-state index in [9.17, 15) is 9.59 Å². The first-order valence-electron chi connectivity index (χ1n) is 10.3. The van der Waals surface area contributed by atoms with Crippen molar-refractivity contribution in [2.75, 3.05) is 13.1 Å². The van der Waals surface area contributed by atoms with Crippen LogP contribution in [0.25, 0.3) is 10.9 Å². The van der Waals surface area contributed by atoms with Crippen LogP contribution in [0.5, 0.6) is 0 Å². The normalized spacial score (nSPS) is 19.9. The number of H-pyrrole nitrogens is 1. The number of aromatic amines is 1. The van der Waals surface area contributed by atoms with Gasteiger partial charge in [-0.3, -0.25) is 14.5 Å². The molecule has 1 aliphatic heterocycles. The molecule has 1 amide bonds. The summed E-state index contributed by atoms with van der Waals surface area (Å²) in [5.41, 5.74) is 3.05. The number of aromatic nitrogens is 1. The summed E-state index contributed by atoms with van der Waals surface area (Å²) in [4.78, 5) is 32.7. The van der Waals surface area contributed by atoms with Crippen molar-refractivity contribution in [2.24, 2.45) is 0 Å². The zero-order valence-electron chi connectivity index (χ0n) is 17.5. The van der Waals surface area contributed by atoms with Gasteiger partial charge in [0.15, 0.2) is 5.78 Å². The van der Waals surface area contributed by atoms with E-state index in [1.807, 2.05) is 11.0 Å². The standard InChI is InChI=1S/C24H26ClN3O2/c1-15-13-28(16(2)12-27(15)14-18-7-5-4-6-8-18)24(30)20-9-19-21(17(3)29)11-26-23(19)10-22(20)25/h4-11,15-16,26H,12-14H2,1-3H3/t15-,16?/m0/s1. The number of rotatable bonds is 4. The molecule has 156 valence electrons. The summed E-state index contributed by atoms with van der Waals surface area (Å²) in [5, 5.41) is 1.13. The molecule has 1 fully saturated rings. The molecule has 30 heavy (non-hydrogen) atoms. The number of amides is 1. The molecule has 2 aromatic carbocycles. The monoisotopic (exact) mass is 423 g/mol. The van der Waals surface area contributed by atoms with Gasteiger partial charge in [0, 0.05) is 54.4 Å². The maximum atomic E-state index is 13.4. The van der Waals surface area contributed by atoms with Crippen LogP contribution < -0.4 is 0 Å². The van der Waals surface area contributed by atoms with Crippen LogP contribution in [-0.2, 0) is 6.54 Å². The Morgan fingerprint density at radius 2 is 1.80 bits per heavy atom. The minimum atomic E-state index is -0.0867. The van der Waals surface area contributed by atoms with E-state index < -0.39 is 0 Å². The Morgan fingerprint density at radius 1 is 1.07 bits per heavy atom. The van der Waals surface area contributed by atoms with Crippen molar-refractivity contribution in [2.45, 2.75) is 39.4 Å². The zero-order valence-corrected chi connectivity index (χ0v) is 18.2. The molecule has 0 spiro atoms. The van der Waals surface area contributed by atoms with Crippen molar-refractivity contribution >= 4 is 34.2 Å². The summed E-state index contributed by atoms with van der Waals surface area (Å²) < 4.78 is 0. The van der Waals surface area contributed by atoms with Gasteiger partial charge >= 0.3 is 0 Å². The Labute approximate surface area is 181 Å². The van der Waals surface area contributed by atoms with Gasteiger partial charge in [-0.05, 0) is 38.5 Å². The Hall–Kier alpha value is -2.63.